The molecule has 2 aromatic rings. The van der Waals surface area contributed by atoms with Crippen molar-refractivity contribution in [3.8, 4) is 0 Å². The van der Waals surface area contributed by atoms with Gasteiger partial charge in [-0.1, -0.05) is 6.07 Å². The lowest BCUT2D eigenvalue weighted by Crippen LogP contribution is -2.28. The molecule has 0 aliphatic carbocycles. The Morgan fingerprint density at radius 1 is 1.40 bits per heavy atom. The third kappa shape index (κ3) is 2.71. The lowest BCUT2D eigenvalue weighted by molar-refractivity contribution is 0.0938. The molecule has 0 bridgehead atoms. The molecule has 1 N–H and O–H groups in total. The minimum absolute atomic E-state index is 0.0992. The van der Waals surface area contributed by atoms with Gasteiger partial charge in [0.2, 0.25) is 0 Å². The molecule has 0 saturated heterocycles. The average Bonchev–Trinajstić information content (AvgIpc) is 2.74. The summed E-state index contributed by atoms with van der Waals surface area (Å²) in [6.07, 6.45) is 1.73. The third-order valence-corrected chi connectivity index (χ3v) is 3.39. The molecule has 20 heavy (non-hydrogen) atoms. The highest BCUT2D eigenvalue weighted by Crippen LogP contribution is 2.15. The van der Waals surface area contributed by atoms with E-state index < -0.39 is 0 Å². The quantitative estimate of drug-likeness (QED) is 0.929. The van der Waals surface area contributed by atoms with Crippen LogP contribution in [0.25, 0.3) is 0 Å². The summed E-state index contributed by atoms with van der Waals surface area (Å²) in [6.45, 7) is 8.48. The number of rotatable bonds is 4. The predicted octanol–water partition coefficient (Wildman–Crippen LogP) is 2.41. The molecule has 0 aliphatic rings. The van der Waals surface area contributed by atoms with Crippen LogP contribution in [-0.4, -0.2) is 20.7 Å². The molecule has 2 aromatic heterocycles. The van der Waals surface area contributed by atoms with E-state index in [1.54, 1.807) is 6.20 Å². The van der Waals surface area contributed by atoms with E-state index in [9.17, 15) is 4.79 Å². The Bertz CT molecular complexity index is 604. The molecule has 0 aromatic carbocycles. The van der Waals surface area contributed by atoms with Gasteiger partial charge in [0.15, 0.2) is 0 Å². The van der Waals surface area contributed by atoms with Crippen LogP contribution in [0.15, 0.2) is 24.4 Å². The number of carbonyl (C=O) groups excluding carboxylic acids is 1. The van der Waals surface area contributed by atoms with Crippen LogP contribution in [0, 0.1) is 13.8 Å². The first-order valence-electron chi connectivity index (χ1n) is 6.80. The Hall–Kier alpha value is -2.17. The summed E-state index contributed by atoms with van der Waals surface area (Å²) < 4.78 is 1.84. The van der Waals surface area contributed by atoms with E-state index in [1.165, 1.54) is 0 Å². The normalized spacial score (nSPS) is 12.2. The van der Waals surface area contributed by atoms with Gasteiger partial charge in [0, 0.05) is 18.4 Å². The van der Waals surface area contributed by atoms with Crippen LogP contribution in [-0.2, 0) is 6.54 Å². The largest absolute Gasteiger partial charge is 0.344 e. The molecule has 0 radical (unpaired) electrons. The maximum Gasteiger partial charge on any atom is 0.255 e. The summed E-state index contributed by atoms with van der Waals surface area (Å²) in [5.74, 6) is -0.0992. The first kappa shape index (κ1) is 14.2. The standard InChI is InChI=1S/C15H20N4O/c1-5-19-12(4)14(11(3)18-19)15(20)17-10(2)13-8-6-7-9-16-13/h6-10H,5H2,1-4H3,(H,17,20). The highest BCUT2D eigenvalue weighted by atomic mass is 16.1. The zero-order valence-corrected chi connectivity index (χ0v) is 12.3. The van der Waals surface area contributed by atoms with Gasteiger partial charge in [0.1, 0.15) is 0 Å². The predicted molar refractivity (Wildman–Crippen MR) is 77.5 cm³/mol. The molecule has 5 heteroatoms. The van der Waals surface area contributed by atoms with E-state index in [2.05, 4.69) is 15.4 Å². The molecule has 0 saturated carbocycles. The SMILES string of the molecule is CCn1nc(C)c(C(=O)NC(C)c2ccccn2)c1C. The zero-order valence-electron chi connectivity index (χ0n) is 12.3. The van der Waals surface area contributed by atoms with Gasteiger partial charge in [-0.3, -0.25) is 14.5 Å². The Labute approximate surface area is 119 Å². The third-order valence-electron chi connectivity index (χ3n) is 3.39. The molecule has 0 aliphatic heterocycles. The molecule has 106 valence electrons. The fraction of sp³-hybridized carbons (Fsp3) is 0.400. The van der Waals surface area contributed by atoms with Crippen molar-refractivity contribution in [1.29, 1.82) is 0 Å². The fourth-order valence-electron chi connectivity index (χ4n) is 2.31. The molecule has 0 fully saturated rings. The molecule has 2 rings (SSSR count). The van der Waals surface area contributed by atoms with Crippen molar-refractivity contribution >= 4 is 5.91 Å². The molecule has 1 unspecified atom stereocenters. The van der Waals surface area contributed by atoms with Crippen LogP contribution in [0.2, 0.25) is 0 Å². The van der Waals surface area contributed by atoms with Crippen molar-refractivity contribution in [3.63, 3.8) is 0 Å². The van der Waals surface area contributed by atoms with Crippen molar-refractivity contribution in [2.24, 2.45) is 0 Å². The lowest BCUT2D eigenvalue weighted by atomic mass is 10.1. The number of nitrogens with one attached hydrogen (secondary N) is 1. The van der Waals surface area contributed by atoms with Crippen LogP contribution in [0.1, 0.15) is 47.3 Å². The number of carbonyl (C=O) groups is 1. The van der Waals surface area contributed by atoms with Crippen molar-refractivity contribution in [2.75, 3.05) is 0 Å². The van der Waals surface area contributed by atoms with Crippen molar-refractivity contribution < 1.29 is 4.79 Å². The van der Waals surface area contributed by atoms with E-state index in [4.69, 9.17) is 0 Å². The van der Waals surface area contributed by atoms with Gasteiger partial charge in [-0.2, -0.15) is 5.10 Å². The maximum absolute atomic E-state index is 12.4. The van der Waals surface area contributed by atoms with Crippen molar-refractivity contribution in [1.82, 2.24) is 20.1 Å². The van der Waals surface area contributed by atoms with Gasteiger partial charge in [0.05, 0.1) is 23.0 Å². The molecule has 0 spiro atoms. The molecule has 1 amide bonds. The summed E-state index contributed by atoms with van der Waals surface area (Å²) in [5, 5.41) is 7.35. The fourth-order valence-corrected chi connectivity index (χ4v) is 2.31. The highest BCUT2D eigenvalue weighted by molar-refractivity contribution is 5.96. The molecule has 2 heterocycles. The van der Waals surface area contributed by atoms with Gasteiger partial charge in [0.25, 0.3) is 5.91 Å². The number of nitrogens with zero attached hydrogens (tertiary/aromatic N) is 3. The van der Waals surface area contributed by atoms with E-state index in [1.807, 2.05) is 50.6 Å². The minimum Gasteiger partial charge on any atom is -0.344 e. The number of aromatic nitrogens is 3. The highest BCUT2D eigenvalue weighted by Gasteiger charge is 2.20. The van der Waals surface area contributed by atoms with E-state index in [0.717, 1.165) is 23.6 Å². The van der Waals surface area contributed by atoms with Crippen molar-refractivity contribution in [3.05, 3.63) is 47.0 Å². The number of aryl methyl sites for hydroxylation is 2. The Morgan fingerprint density at radius 3 is 2.70 bits per heavy atom. The van der Waals surface area contributed by atoms with E-state index in [0.29, 0.717) is 5.56 Å². The second kappa shape index (κ2) is 5.86. The number of hydrogen-bond donors (Lipinski definition) is 1. The minimum atomic E-state index is -0.132. The summed E-state index contributed by atoms with van der Waals surface area (Å²) in [7, 11) is 0. The second-order valence-corrected chi connectivity index (χ2v) is 4.81. The van der Waals surface area contributed by atoms with Crippen LogP contribution in [0.5, 0.6) is 0 Å². The van der Waals surface area contributed by atoms with Gasteiger partial charge in [-0.25, -0.2) is 0 Å². The van der Waals surface area contributed by atoms with Crippen LogP contribution < -0.4 is 5.32 Å². The van der Waals surface area contributed by atoms with E-state index >= 15 is 0 Å². The first-order valence-corrected chi connectivity index (χ1v) is 6.80. The molecular formula is C15H20N4O. The van der Waals surface area contributed by atoms with Crippen LogP contribution >= 0.6 is 0 Å². The zero-order chi connectivity index (χ0) is 14.7. The number of pyridine rings is 1. The molecular weight excluding hydrogens is 252 g/mol. The van der Waals surface area contributed by atoms with E-state index in [-0.39, 0.29) is 11.9 Å². The van der Waals surface area contributed by atoms with Gasteiger partial charge in [-0.05, 0) is 39.8 Å². The first-order chi connectivity index (χ1) is 9.54. The van der Waals surface area contributed by atoms with Gasteiger partial charge < -0.3 is 5.32 Å². The molecule has 5 nitrogen and oxygen atoms in total. The number of amides is 1. The van der Waals surface area contributed by atoms with Gasteiger partial charge in [-0.15, -0.1) is 0 Å². The van der Waals surface area contributed by atoms with Crippen LogP contribution in [0.3, 0.4) is 0 Å². The molecule has 1 atom stereocenters. The number of hydrogen-bond acceptors (Lipinski definition) is 3. The van der Waals surface area contributed by atoms with Crippen LogP contribution in [0.4, 0.5) is 0 Å². The monoisotopic (exact) mass is 272 g/mol. The lowest BCUT2D eigenvalue weighted by Gasteiger charge is -2.13. The van der Waals surface area contributed by atoms with Crippen molar-refractivity contribution in [2.45, 2.75) is 40.3 Å². The summed E-state index contributed by atoms with van der Waals surface area (Å²) in [5.41, 5.74) is 3.17. The Morgan fingerprint density at radius 2 is 2.15 bits per heavy atom. The summed E-state index contributed by atoms with van der Waals surface area (Å²) in [6, 6.07) is 5.54. The smallest absolute Gasteiger partial charge is 0.255 e. The Balaban J connectivity index is 2.19. The topological polar surface area (TPSA) is 59.8 Å². The average molecular weight is 272 g/mol. The summed E-state index contributed by atoms with van der Waals surface area (Å²) in [4.78, 5) is 16.7. The maximum atomic E-state index is 12.4. The summed E-state index contributed by atoms with van der Waals surface area (Å²) >= 11 is 0. The second-order valence-electron chi connectivity index (χ2n) is 4.81. The van der Waals surface area contributed by atoms with Gasteiger partial charge >= 0.3 is 0 Å². The Kier molecular flexibility index (Phi) is 4.17.